The zero-order valence-corrected chi connectivity index (χ0v) is 13.6. The van der Waals surface area contributed by atoms with Crippen LogP contribution in [0.3, 0.4) is 0 Å². The fourth-order valence-corrected chi connectivity index (χ4v) is 2.38. The first-order valence-corrected chi connectivity index (χ1v) is 7.33. The van der Waals surface area contributed by atoms with Crippen molar-refractivity contribution in [1.82, 2.24) is 10.2 Å². The summed E-state index contributed by atoms with van der Waals surface area (Å²) in [6, 6.07) is 9.45. The molecule has 1 aliphatic heterocycles. The number of hydrogen-bond acceptors (Lipinski definition) is 3. The number of likely N-dealkylation sites (tertiary alicyclic amines) is 1. The molecule has 118 valence electrons. The van der Waals surface area contributed by atoms with Gasteiger partial charge in [0.2, 0.25) is 0 Å². The lowest BCUT2D eigenvalue weighted by Gasteiger charge is -2.26. The van der Waals surface area contributed by atoms with Crippen molar-refractivity contribution in [2.24, 2.45) is 0 Å². The molecule has 0 bridgehead atoms. The van der Waals surface area contributed by atoms with Gasteiger partial charge in [0.25, 0.3) is 5.91 Å². The minimum Gasteiger partial charge on any atom is -0.478 e. The van der Waals surface area contributed by atoms with E-state index in [4.69, 9.17) is 4.74 Å². The molecule has 0 spiro atoms. The number of amides is 1. The first-order chi connectivity index (χ1) is 9.58. The second-order valence-electron chi connectivity index (χ2n) is 5.73. The molecule has 1 amide bonds. The van der Waals surface area contributed by atoms with Gasteiger partial charge in [0.05, 0.1) is 0 Å². The number of nitrogens with one attached hydrogen (secondary N) is 1. The van der Waals surface area contributed by atoms with Crippen LogP contribution < -0.4 is 10.1 Å². The molecule has 1 heterocycles. The van der Waals surface area contributed by atoms with E-state index >= 15 is 0 Å². The quantitative estimate of drug-likeness (QED) is 0.877. The van der Waals surface area contributed by atoms with Gasteiger partial charge < -0.3 is 15.0 Å². The molecule has 1 aromatic carbocycles. The normalized spacial score (nSPS) is 15.3. The Bertz CT molecular complexity index is 431. The van der Waals surface area contributed by atoms with Crippen molar-refractivity contribution in [2.75, 3.05) is 26.2 Å². The average molecular weight is 313 g/mol. The highest BCUT2D eigenvalue weighted by molar-refractivity contribution is 5.85. The Morgan fingerprint density at radius 3 is 2.48 bits per heavy atom. The predicted octanol–water partition coefficient (Wildman–Crippen LogP) is 2.48. The molecule has 0 saturated carbocycles. The lowest BCUT2D eigenvalue weighted by atomic mass is 10.1. The fraction of sp³-hybridized carbons (Fsp3) is 0.562. The summed E-state index contributed by atoms with van der Waals surface area (Å²) >= 11 is 0. The number of carbonyl (C=O) groups excluding carboxylic acids is 1. The first-order valence-electron chi connectivity index (χ1n) is 7.33. The van der Waals surface area contributed by atoms with Crippen LogP contribution in [-0.4, -0.2) is 42.6 Å². The highest BCUT2D eigenvalue weighted by Gasteiger charge is 2.29. The molecule has 0 aromatic heterocycles. The highest BCUT2D eigenvalue weighted by Crippen LogP contribution is 2.17. The van der Waals surface area contributed by atoms with Gasteiger partial charge in [-0.05, 0) is 51.9 Å². The van der Waals surface area contributed by atoms with Crippen molar-refractivity contribution < 1.29 is 9.53 Å². The van der Waals surface area contributed by atoms with Gasteiger partial charge in [0, 0.05) is 13.1 Å². The number of hydrogen-bond donors (Lipinski definition) is 1. The van der Waals surface area contributed by atoms with Crippen LogP contribution in [0.1, 0.15) is 26.7 Å². The van der Waals surface area contributed by atoms with E-state index in [-0.39, 0.29) is 18.3 Å². The van der Waals surface area contributed by atoms with E-state index in [0.29, 0.717) is 12.3 Å². The summed E-state index contributed by atoms with van der Waals surface area (Å²) in [6.07, 6.45) is 2.55. The molecular formula is C16H25ClN2O2. The second-order valence-corrected chi connectivity index (χ2v) is 5.73. The number of carbonyl (C=O) groups is 1. The van der Waals surface area contributed by atoms with Crippen molar-refractivity contribution in [3.63, 3.8) is 0 Å². The minimum atomic E-state index is -0.855. The lowest BCUT2D eigenvalue weighted by molar-refractivity contribution is -0.134. The van der Waals surface area contributed by atoms with Crippen LogP contribution in [0, 0.1) is 0 Å². The van der Waals surface area contributed by atoms with Gasteiger partial charge in [-0.1, -0.05) is 18.2 Å². The molecule has 1 aliphatic rings. The van der Waals surface area contributed by atoms with Crippen molar-refractivity contribution in [3.8, 4) is 5.75 Å². The number of nitrogens with zero attached hydrogens (tertiary/aromatic N) is 1. The molecular weight excluding hydrogens is 288 g/mol. The van der Waals surface area contributed by atoms with Gasteiger partial charge in [-0.25, -0.2) is 0 Å². The molecule has 21 heavy (non-hydrogen) atoms. The summed E-state index contributed by atoms with van der Waals surface area (Å²) in [4.78, 5) is 14.6. The number of rotatable bonds is 6. The van der Waals surface area contributed by atoms with Gasteiger partial charge in [0.1, 0.15) is 5.75 Å². The van der Waals surface area contributed by atoms with Crippen LogP contribution in [0.4, 0.5) is 0 Å². The van der Waals surface area contributed by atoms with E-state index in [0.717, 1.165) is 19.6 Å². The summed E-state index contributed by atoms with van der Waals surface area (Å²) < 4.78 is 5.76. The van der Waals surface area contributed by atoms with Gasteiger partial charge in [-0.3, -0.25) is 4.79 Å². The molecule has 0 atom stereocenters. The highest BCUT2D eigenvalue weighted by atomic mass is 35.5. The number of para-hydroxylation sites is 1. The molecule has 0 unspecified atom stereocenters. The molecule has 4 nitrogen and oxygen atoms in total. The second kappa shape index (κ2) is 8.25. The van der Waals surface area contributed by atoms with Gasteiger partial charge >= 0.3 is 0 Å². The maximum absolute atomic E-state index is 12.2. The average Bonchev–Trinajstić information content (AvgIpc) is 2.92. The van der Waals surface area contributed by atoms with Crippen LogP contribution >= 0.6 is 12.4 Å². The fourth-order valence-electron chi connectivity index (χ4n) is 2.38. The lowest BCUT2D eigenvalue weighted by Crippen LogP contribution is -2.48. The van der Waals surface area contributed by atoms with Crippen LogP contribution in [0.2, 0.25) is 0 Å². The smallest absolute Gasteiger partial charge is 0.263 e. The monoisotopic (exact) mass is 312 g/mol. The van der Waals surface area contributed by atoms with E-state index in [2.05, 4.69) is 10.2 Å². The zero-order valence-electron chi connectivity index (χ0n) is 12.8. The maximum atomic E-state index is 12.2. The van der Waals surface area contributed by atoms with E-state index in [1.165, 1.54) is 12.8 Å². The van der Waals surface area contributed by atoms with Crippen LogP contribution in [0.25, 0.3) is 0 Å². The number of ether oxygens (including phenoxy) is 1. The molecule has 2 rings (SSSR count). The predicted molar refractivity (Wildman–Crippen MR) is 87.1 cm³/mol. The third-order valence-electron chi connectivity index (χ3n) is 3.58. The Balaban J connectivity index is 0.00000220. The van der Waals surface area contributed by atoms with Gasteiger partial charge in [-0.2, -0.15) is 0 Å². The Labute approximate surface area is 133 Å². The summed E-state index contributed by atoms with van der Waals surface area (Å²) in [5.74, 6) is 0.646. The zero-order chi connectivity index (χ0) is 14.4. The number of benzene rings is 1. The number of halogens is 1. The van der Waals surface area contributed by atoms with Crippen LogP contribution in [0.15, 0.2) is 30.3 Å². The minimum absolute atomic E-state index is 0. The Kier molecular flexibility index (Phi) is 6.99. The summed E-state index contributed by atoms with van der Waals surface area (Å²) in [6.45, 7) is 7.50. The summed E-state index contributed by atoms with van der Waals surface area (Å²) in [7, 11) is 0. The molecule has 0 radical (unpaired) electrons. The van der Waals surface area contributed by atoms with E-state index in [1.807, 2.05) is 30.3 Å². The molecule has 0 aliphatic carbocycles. The third-order valence-corrected chi connectivity index (χ3v) is 3.58. The Morgan fingerprint density at radius 2 is 1.86 bits per heavy atom. The van der Waals surface area contributed by atoms with E-state index < -0.39 is 5.60 Å². The standard InChI is InChI=1S/C16H24N2O2.ClH/c1-16(2,20-14-8-4-3-5-9-14)15(19)17-10-13-18-11-6-7-12-18;/h3-5,8-9H,6-7,10-13H2,1-2H3,(H,17,19);1H. The maximum Gasteiger partial charge on any atom is 0.263 e. The summed E-state index contributed by atoms with van der Waals surface area (Å²) in [5, 5.41) is 2.96. The Hall–Kier alpha value is -1.26. The van der Waals surface area contributed by atoms with Gasteiger partial charge in [0.15, 0.2) is 5.60 Å². The molecule has 5 heteroatoms. The van der Waals surface area contributed by atoms with E-state index in [9.17, 15) is 4.79 Å². The molecule has 1 N–H and O–H groups in total. The van der Waals surface area contributed by atoms with E-state index in [1.54, 1.807) is 13.8 Å². The Morgan fingerprint density at radius 1 is 1.24 bits per heavy atom. The molecule has 1 saturated heterocycles. The first kappa shape index (κ1) is 17.8. The van der Waals surface area contributed by atoms with Crippen molar-refractivity contribution in [2.45, 2.75) is 32.3 Å². The van der Waals surface area contributed by atoms with Crippen molar-refractivity contribution >= 4 is 18.3 Å². The SMILES string of the molecule is CC(C)(Oc1ccccc1)C(=O)NCCN1CCCC1.Cl. The van der Waals surface area contributed by atoms with Crippen LogP contribution in [0.5, 0.6) is 5.75 Å². The third kappa shape index (κ3) is 5.56. The summed E-state index contributed by atoms with van der Waals surface area (Å²) in [5.41, 5.74) is -0.855. The topological polar surface area (TPSA) is 41.6 Å². The largest absolute Gasteiger partial charge is 0.478 e. The van der Waals surface area contributed by atoms with Gasteiger partial charge in [-0.15, -0.1) is 12.4 Å². The molecule has 1 aromatic rings. The van der Waals surface area contributed by atoms with Crippen LogP contribution in [-0.2, 0) is 4.79 Å². The molecule has 1 fully saturated rings. The van der Waals surface area contributed by atoms with Crippen molar-refractivity contribution in [1.29, 1.82) is 0 Å². The van der Waals surface area contributed by atoms with Crippen molar-refractivity contribution in [3.05, 3.63) is 30.3 Å².